The van der Waals surface area contributed by atoms with E-state index in [4.69, 9.17) is 0 Å². The summed E-state index contributed by atoms with van der Waals surface area (Å²) >= 11 is 0. The van der Waals surface area contributed by atoms with Crippen molar-refractivity contribution < 1.29 is 0 Å². The number of pyridine rings is 1. The van der Waals surface area contributed by atoms with Crippen LogP contribution in [-0.4, -0.2) is 31.8 Å². The first-order valence-electron chi connectivity index (χ1n) is 8.98. The Morgan fingerprint density at radius 2 is 2.08 bits per heavy atom. The molecule has 4 rings (SSSR count). The minimum atomic E-state index is 0.391. The van der Waals surface area contributed by atoms with E-state index in [1.165, 1.54) is 24.0 Å². The fourth-order valence-corrected chi connectivity index (χ4v) is 3.47. The molecule has 0 aromatic carbocycles. The van der Waals surface area contributed by atoms with Crippen molar-refractivity contribution >= 4 is 11.6 Å². The fourth-order valence-electron chi connectivity index (χ4n) is 3.47. The molecule has 1 atom stereocenters. The average Bonchev–Trinajstić information content (AvgIpc) is 2.95. The highest BCUT2D eigenvalue weighted by molar-refractivity contribution is 5.59. The molecule has 0 amide bonds. The van der Waals surface area contributed by atoms with Crippen molar-refractivity contribution in [1.82, 2.24) is 30.0 Å². The molecule has 0 fully saturated rings. The van der Waals surface area contributed by atoms with E-state index in [2.05, 4.69) is 36.8 Å². The molecule has 7 heteroatoms. The minimum absolute atomic E-state index is 0.391. The summed E-state index contributed by atoms with van der Waals surface area (Å²) in [6, 6.07) is 4.47. The Balaban J connectivity index is 1.63. The van der Waals surface area contributed by atoms with Crippen LogP contribution in [0, 0.1) is 0 Å². The highest BCUT2D eigenvalue weighted by atomic mass is 15.3. The molecule has 1 aliphatic rings. The van der Waals surface area contributed by atoms with Crippen LogP contribution in [-0.2, 0) is 13.5 Å². The largest absolute Gasteiger partial charge is 0.321 e. The van der Waals surface area contributed by atoms with Crippen molar-refractivity contribution in [3.63, 3.8) is 0 Å². The van der Waals surface area contributed by atoms with Crippen LogP contribution in [0.1, 0.15) is 36.4 Å². The third kappa shape index (κ3) is 3.43. The van der Waals surface area contributed by atoms with Gasteiger partial charge in [0, 0.05) is 31.7 Å². The lowest BCUT2D eigenvalue weighted by Gasteiger charge is -2.17. The van der Waals surface area contributed by atoms with E-state index in [-0.39, 0.29) is 0 Å². The van der Waals surface area contributed by atoms with E-state index in [9.17, 15) is 0 Å². The van der Waals surface area contributed by atoms with Gasteiger partial charge in [0.1, 0.15) is 0 Å². The Hall–Kier alpha value is -2.80. The normalized spacial score (nSPS) is 16.8. The highest BCUT2D eigenvalue weighted by Crippen LogP contribution is 2.30. The first-order valence-corrected chi connectivity index (χ1v) is 8.98. The lowest BCUT2D eigenvalue weighted by Crippen LogP contribution is -2.16. The summed E-state index contributed by atoms with van der Waals surface area (Å²) in [4.78, 5) is 13.6. The van der Waals surface area contributed by atoms with Gasteiger partial charge >= 0.3 is 0 Å². The van der Waals surface area contributed by atoms with Crippen molar-refractivity contribution in [2.45, 2.75) is 31.7 Å². The average molecular weight is 349 g/mol. The topological polar surface area (TPSA) is 80.5 Å². The molecule has 0 saturated carbocycles. The zero-order valence-electron chi connectivity index (χ0n) is 15.1. The second-order valence-electron chi connectivity index (χ2n) is 6.65. The van der Waals surface area contributed by atoms with E-state index in [1.807, 2.05) is 32.6 Å². The molecule has 3 aromatic heterocycles. The van der Waals surface area contributed by atoms with Gasteiger partial charge in [-0.3, -0.25) is 9.67 Å². The molecule has 3 heterocycles. The van der Waals surface area contributed by atoms with Gasteiger partial charge in [-0.15, -0.1) is 0 Å². The molecule has 1 aliphatic carbocycles. The van der Waals surface area contributed by atoms with Gasteiger partial charge in [-0.1, -0.05) is 6.42 Å². The number of hydrogen-bond donors (Lipinski definition) is 2. The summed E-state index contributed by atoms with van der Waals surface area (Å²) in [5, 5.41) is 10.7. The van der Waals surface area contributed by atoms with Crippen molar-refractivity contribution in [1.29, 1.82) is 0 Å². The van der Waals surface area contributed by atoms with Crippen LogP contribution in [0.5, 0.6) is 0 Å². The molecular formula is C19H23N7. The number of fused-ring (bicyclic) bond motifs is 1. The molecule has 7 nitrogen and oxygen atoms in total. The van der Waals surface area contributed by atoms with Gasteiger partial charge in [0.05, 0.1) is 23.3 Å². The van der Waals surface area contributed by atoms with Gasteiger partial charge in [-0.05, 0) is 49.6 Å². The van der Waals surface area contributed by atoms with Gasteiger partial charge in [0.2, 0.25) is 5.95 Å². The number of anilines is 2. The van der Waals surface area contributed by atoms with Crippen molar-refractivity contribution in [3.05, 3.63) is 48.0 Å². The monoisotopic (exact) mass is 349 g/mol. The van der Waals surface area contributed by atoms with Gasteiger partial charge in [-0.2, -0.15) is 5.10 Å². The third-order valence-corrected chi connectivity index (χ3v) is 4.82. The predicted molar refractivity (Wildman–Crippen MR) is 101 cm³/mol. The number of hydrogen-bond acceptors (Lipinski definition) is 6. The van der Waals surface area contributed by atoms with Crippen LogP contribution >= 0.6 is 0 Å². The molecule has 3 aromatic rings. The standard InChI is InChI=1S/C19H23N7/c1-20-16-6-4-3-5-13-9-18(22-11-15(13)16)17-7-8-21-19(25-17)24-14-10-23-26(2)12-14/h7-12,16,20H,3-6H2,1-2H3,(H,21,24,25). The smallest absolute Gasteiger partial charge is 0.227 e. The molecule has 0 spiro atoms. The number of aryl methyl sites for hydroxylation is 2. The van der Waals surface area contributed by atoms with Gasteiger partial charge in [0.15, 0.2) is 0 Å². The van der Waals surface area contributed by atoms with Gasteiger partial charge in [0.25, 0.3) is 0 Å². The van der Waals surface area contributed by atoms with Gasteiger partial charge in [-0.25, -0.2) is 9.97 Å². The molecule has 0 radical (unpaired) electrons. The number of aromatic nitrogens is 5. The van der Waals surface area contributed by atoms with Crippen LogP contribution in [0.25, 0.3) is 11.4 Å². The maximum absolute atomic E-state index is 4.68. The summed E-state index contributed by atoms with van der Waals surface area (Å²) in [6.07, 6.45) is 12.1. The van der Waals surface area contributed by atoms with Crippen LogP contribution in [0.15, 0.2) is 36.9 Å². The fraction of sp³-hybridized carbons (Fsp3) is 0.368. The maximum Gasteiger partial charge on any atom is 0.227 e. The van der Waals surface area contributed by atoms with E-state index in [0.29, 0.717) is 12.0 Å². The highest BCUT2D eigenvalue weighted by Gasteiger charge is 2.18. The lowest BCUT2D eigenvalue weighted by atomic mass is 10.0. The first-order chi connectivity index (χ1) is 12.7. The van der Waals surface area contributed by atoms with Crippen LogP contribution in [0.4, 0.5) is 11.6 Å². The number of rotatable bonds is 4. The molecule has 0 saturated heterocycles. The minimum Gasteiger partial charge on any atom is -0.321 e. The van der Waals surface area contributed by atoms with Gasteiger partial charge < -0.3 is 10.6 Å². The van der Waals surface area contributed by atoms with E-state index in [1.54, 1.807) is 17.1 Å². The second-order valence-corrected chi connectivity index (χ2v) is 6.65. The number of nitrogens with one attached hydrogen (secondary N) is 2. The lowest BCUT2D eigenvalue weighted by molar-refractivity contribution is 0.532. The summed E-state index contributed by atoms with van der Waals surface area (Å²) in [6.45, 7) is 0. The molecule has 0 aliphatic heterocycles. The van der Waals surface area contributed by atoms with E-state index in [0.717, 1.165) is 29.9 Å². The Bertz CT molecular complexity index is 902. The number of nitrogens with zero attached hydrogens (tertiary/aromatic N) is 5. The van der Waals surface area contributed by atoms with Crippen LogP contribution < -0.4 is 10.6 Å². The Labute approximate surface area is 152 Å². The SMILES string of the molecule is CNC1CCCCc2cc(-c3ccnc(Nc4cnn(C)c4)n3)ncc21. The summed E-state index contributed by atoms with van der Waals surface area (Å²) in [5.41, 5.74) is 5.25. The molecule has 26 heavy (non-hydrogen) atoms. The Kier molecular flexibility index (Phi) is 4.62. The summed E-state index contributed by atoms with van der Waals surface area (Å²) in [5.74, 6) is 0.542. The van der Waals surface area contributed by atoms with Crippen molar-refractivity contribution in [2.75, 3.05) is 12.4 Å². The van der Waals surface area contributed by atoms with Crippen molar-refractivity contribution in [3.8, 4) is 11.4 Å². The maximum atomic E-state index is 4.68. The van der Waals surface area contributed by atoms with E-state index < -0.39 is 0 Å². The zero-order chi connectivity index (χ0) is 17.9. The third-order valence-electron chi connectivity index (χ3n) is 4.82. The molecule has 2 N–H and O–H groups in total. The molecular weight excluding hydrogens is 326 g/mol. The van der Waals surface area contributed by atoms with Crippen LogP contribution in [0.2, 0.25) is 0 Å². The summed E-state index contributed by atoms with van der Waals surface area (Å²) in [7, 11) is 3.90. The molecule has 1 unspecified atom stereocenters. The van der Waals surface area contributed by atoms with E-state index >= 15 is 0 Å². The van der Waals surface area contributed by atoms with Crippen molar-refractivity contribution in [2.24, 2.45) is 7.05 Å². The molecule has 0 bridgehead atoms. The summed E-state index contributed by atoms with van der Waals surface area (Å²) < 4.78 is 1.73. The quantitative estimate of drug-likeness (QED) is 0.705. The zero-order valence-corrected chi connectivity index (χ0v) is 15.1. The second kappa shape index (κ2) is 7.21. The van der Waals surface area contributed by atoms with Crippen LogP contribution in [0.3, 0.4) is 0 Å². The Morgan fingerprint density at radius 1 is 1.15 bits per heavy atom. The predicted octanol–water partition coefficient (Wildman–Crippen LogP) is 3.00. The first kappa shape index (κ1) is 16.7. The Morgan fingerprint density at radius 3 is 2.88 bits per heavy atom. The molecule has 134 valence electrons.